The van der Waals surface area contributed by atoms with Crippen molar-refractivity contribution in [3.8, 4) is 5.88 Å². The molecule has 3 heterocycles. The van der Waals surface area contributed by atoms with Crippen LogP contribution in [0, 0.1) is 6.92 Å². The second kappa shape index (κ2) is 5.39. The molecule has 136 valence electrons. The summed E-state index contributed by atoms with van der Waals surface area (Å²) in [7, 11) is 0. The topological polar surface area (TPSA) is 101 Å². The highest BCUT2D eigenvalue weighted by atomic mass is 79.9. The highest BCUT2D eigenvalue weighted by Gasteiger charge is 2.60. The zero-order valence-corrected chi connectivity index (χ0v) is 15.9. The minimum Gasteiger partial charge on any atom is -0.442 e. The first-order valence-electron chi connectivity index (χ1n) is 8.60. The molecule has 0 radical (unpaired) electrons. The number of ketones is 1. The van der Waals surface area contributed by atoms with Gasteiger partial charge in [-0.3, -0.25) is 14.4 Å². The van der Waals surface area contributed by atoms with Crippen molar-refractivity contribution < 1.29 is 14.3 Å². The van der Waals surface area contributed by atoms with Gasteiger partial charge in [0.2, 0.25) is 11.8 Å². The summed E-state index contributed by atoms with van der Waals surface area (Å²) >= 11 is 3.44. The first-order chi connectivity index (χ1) is 12.9. The third-order valence-electron chi connectivity index (χ3n) is 5.31. The first-order valence-corrected chi connectivity index (χ1v) is 9.39. The number of anilines is 1. The molecule has 1 unspecified atom stereocenters. The lowest BCUT2D eigenvalue weighted by Gasteiger charge is -2.37. The number of rotatable bonds is 0. The van der Waals surface area contributed by atoms with E-state index in [9.17, 15) is 14.4 Å². The maximum Gasteiger partial charge on any atom is 0.259 e. The number of nitrogens with zero attached hydrogens (tertiary/aromatic N) is 1. The second-order valence-corrected chi connectivity index (χ2v) is 7.82. The fourth-order valence-electron chi connectivity index (χ4n) is 4.31. The van der Waals surface area contributed by atoms with Crippen LogP contribution in [0.5, 0.6) is 5.88 Å². The predicted molar refractivity (Wildman–Crippen MR) is 99.7 cm³/mol. The van der Waals surface area contributed by atoms with Gasteiger partial charge < -0.3 is 15.0 Å². The fraction of sp³-hybridized carbons (Fsp3) is 0.263. The molecule has 2 N–H and O–H groups in total. The predicted octanol–water partition coefficient (Wildman–Crippen LogP) is 2.48. The van der Waals surface area contributed by atoms with Gasteiger partial charge in [-0.25, -0.2) is 0 Å². The number of carbonyl (C=O) groups excluding carboxylic acids is 2. The van der Waals surface area contributed by atoms with Crippen LogP contribution < -0.4 is 15.6 Å². The quantitative estimate of drug-likeness (QED) is 0.672. The number of amides is 1. The lowest BCUT2D eigenvalue weighted by molar-refractivity contribution is -0.123. The maximum atomic E-state index is 13.4. The van der Waals surface area contributed by atoms with E-state index in [0.717, 1.165) is 4.47 Å². The molecule has 1 aromatic heterocycles. The van der Waals surface area contributed by atoms with Gasteiger partial charge in [0, 0.05) is 28.6 Å². The van der Waals surface area contributed by atoms with E-state index in [-0.39, 0.29) is 22.8 Å². The molecule has 3 aliphatic rings. The van der Waals surface area contributed by atoms with Gasteiger partial charge in [0.1, 0.15) is 22.6 Å². The Balaban J connectivity index is 1.97. The Kier molecular flexibility index (Phi) is 3.28. The zero-order chi connectivity index (χ0) is 18.9. The molecule has 2 aromatic rings. The number of hydrogen-bond acceptors (Lipinski definition) is 5. The van der Waals surface area contributed by atoms with Crippen molar-refractivity contribution in [3.63, 3.8) is 0 Å². The van der Waals surface area contributed by atoms with E-state index in [2.05, 4.69) is 31.2 Å². The molecule has 1 spiro atoms. The SMILES string of the molecule is Cc1nc2c(c(=O)[nH]1)C1(C(=O)Nc3ccc(Br)cc31)C1=C(CCCC1=O)O2. The van der Waals surface area contributed by atoms with Gasteiger partial charge in [-0.1, -0.05) is 15.9 Å². The first kappa shape index (κ1) is 16.4. The van der Waals surface area contributed by atoms with Crippen molar-refractivity contribution in [2.24, 2.45) is 0 Å². The molecule has 2 aliphatic heterocycles. The largest absolute Gasteiger partial charge is 0.442 e. The van der Waals surface area contributed by atoms with Gasteiger partial charge in [-0.2, -0.15) is 4.98 Å². The van der Waals surface area contributed by atoms with Crippen molar-refractivity contribution in [1.29, 1.82) is 0 Å². The summed E-state index contributed by atoms with van der Waals surface area (Å²) in [4.78, 5) is 46.3. The summed E-state index contributed by atoms with van der Waals surface area (Å²) in [6.07, 6.45) is 1.47. The third-order valence-corrected chi connectivity index (χ3v) is 5.81. The number of nitrogens with one attached hydrogen (secondary N) is 2. The number of hydrogen-bond donors (Lipinski definition) is 2. The summed E-state index contributed by atoms with van der Waals surface area (Å²) < 4.78 is 6.63. The highest BCUT2D eigenvalue weighted by molar-refractivity contribution is 9.10. The molecule has 1 aliphatic carbocycles. The van der Waals surface area contributed by atoms with Gasteiger partial charge >= 0.3 is 0 Å². The second-order valence-electron chi connectivity index (χ2n) is 6.90. The summed E-state index contributed by atoms with van der Waals surface area (Å²) in [5.41, 5.74) is -0.575. The van der Waals surface area contributed by atoms with E-state index in [4.69, 9.17) is 4.74 Å². The number of allylic oxidation sites excluding steroid dienone is 1. The number of benzene rings is 1. The average Bonchev–Trinajstić information content (AvgIpc) is 2.87. The Labute approximate surface area is 162 Å². The van der Waals surface area contributed by atoms with Crippen LogP contribution in [0.1, 0.15) is 36.2 Å². The number of carbonyl (C=O) groups is 2. The molecular formula is C19H14BrN3O4. The van der Waals surface area contributed by atoms with Gasteiger partial charge in [-0.15, -0.1) is 0 Å². The average molecular weight is 428 g/mol. The van der Waals surface area contributed by atoms with Crippen LogP contribution in [0.4, 0.5) is 5.69 Å². The maximum absolute atomic E-state index is 13.4. The lowest BCUT2D eigenvalue weighted by atomic mass is 9.65. The molecule has 0 fully saturated rings. The van der Waals surface area contributed by atoms with Gasteiger partial charge in [0.15, 0.2) is 5.78 Å². The fourth-order valence-corrected chi connectivity index (χ4v) is 4.67. The van der Waals surface area contributed by atoms with Crippen molar-refractivity contribution >= 4 is 33.3 Å². The van der Waals surface area contributed by atoms with Gasteiger partial charge in [0.05, 0.1) is 5.57 Å². The van der Waals surface area contributed by atoms with E-state index >= 15 is 0 Å². The molecule has 1 amide bonds. The van der Waals surface area contributed by atoms with Crippen molar-refractivity contribution in [2.45, 2.75) is 31.6 Å². The number of halogens is 1. The van der Waals surface area contributed by atoms with Crippen LogP contribution in [-0.4, -0.2) is 21.7 Å². The Morgan fingerprint density at radius 2 is 2.04 bits per heavy atom. The highest BCUT2D eigenvalue weighted by Crippen LogP contribution is 2.54. The van der Waals surface area contributed by atoms with Crippen LogP contribution >= 0.6 is 15.9 Å². The van der Waals surface area contributed by atoms with E-state index < -0.39 is 16.9 Å². The van der Waals surface area contributed by atoms with E-state index in [0.29, 0.717) is 42.1 Å². The number of fused-ring (bicyclic) bond motifs is 5. The summed E-state index contributed by atoms with van der Waals surface area (Å²) in [6, 6.07) is 5.33. The minimum atomic E-state index is -1.55. The number of Topliss-reactive ketones (excluding diaryl/α,β-unsaturated/α-hetero) is 1. The Morgan fingerprint density at radius 1 is 1.22 bits per heavy atom. The standard InChI is InChI=1S/C19H14BrN3O4/c1-8-21-16(25)15-17(22-8)27-13-4-2-3-12(24)14(13)19(15)10-7-9(20)5-6-11(10)23-18(19)26/h5-7H,2-4H2,1H3,(H,23,26)(H,21,22,25). The van der Waals surface area contributed by atoms with Crippen LogP contribution in [-0.2, 0) is 15.0 Å². The smallest absolute Gasteiger partial charge is 0.259 e. The number of aromatic nitrogens is 2. The van der Waals surface area contributed by atoms with Crippen LogP contribution in [0.25, 0.3) is 0 Å². The molecule has 0 saturated carbocycles. The Hall–Kier alpha value is -2.74. The molecule has 5 rings (SSSR count). The Bertz CT molecular complexity index is 1150. The molecule has 1 aromatic carbocycles. The molecule has 7 nitrogen and oxygen atoms in total. The molecular weight excluding hydrogens is 414 g/mol. The van der Waals surface area contributed by atoms with E-state index in [1.807, 2.05) is 0 Å². The monoisotopic (exact) mass is 427 g/mol. The van der Waals surface area contributed by atoms with Gasteiger partial charge in [-0.05, 0) is 31.5 Å². The molecule has 1 atom stereocenters. The number of H-pyrrole nitrogens is 1. The Morgan fingerprint density at radius 3 is 2.85 bits per heavy atom. The van der Waals surface area contributed by atoms with Crippen molar-refractivity contribution in [1.82, 2.24) is 9.97 Å². The lowest BCUT2D eigenvalue weighted by Crippen LogP contribution is -2.48. The van der Waals surface area contributed by atoms with Crippen LogP contribution in [0.15, 0.2) is 38.8 Å². The van der Waals surface area contributed by atoms with Crippen LogP contribution in [0.2, 0.25) is 0 Å². The van der Waals surface area contributed by atoms with Crippen LogP contribution in [0.3, 0.4) is 0 Å². The molecule has 8 heteroatoms. The number of aromatic amines is 1. The number of aryl methyl sites for hydroxylation is 1. The van der Waals surface area contributed by atoms with Crippen molar-refractivity contribution in [3.05, 3.63) is 61.3 Å². The van der Waals surface area contributed by atoms with E-state index in [1.165, 1.54) is 0 Å². The molecule has 0 saturated heterocycles. The van der Waals surface area contributed by atoms with Gasteiger partial charge in [0.25, 0.3) is 5.56 Å². The number of ether oxygens (including phenoxy) is 1. The summed E-state index contributed by atoms with van der Waals surface area (Å²) in [6.45, 7) is 1.65. The van der Waals surface area contributed by atoms with E-state index in [1.54, 1.807) is 25.1 Å². The normalized spacial score (nSPS) is 22.9. The minimum absolute atomic E-state index is 0.0662. The van der Waals surface area contributed by atoms with Crippen molar-refractivity contribution in [2.75, 3.05) is 5.32 Å². The summed E-state index contributed by atoms with van der Waals surface area (Å²) in [5.74, 6) is 0.295. The molecule has 0 bridgehead atoms. The third kappa shape index (κ3) is 2.01. The molecule has 27 heavy (non-hydrogen) atoms. The zero-order valence-electron chi connectivity index (χ0n) is 14.3. The summed E-state index contributed by atoms with van der Waals surface area (Å²) in [5, 5.41) is 2.84.